The average molecular weight is 249 g/mol. The van der Waals surface area contributed by atoms with Crippen molar-refractivity contribution in [2.24, 2.45) is 5.41 Å². The molecule has 1 aromatic carbocycles. The quantitative estimate of drug-likeness (QED) is 0.842. The molecule has 0 radical (unpaired) electrons. The fourth-order valence-corrected chi connectivity index (χ4v) is 2.06. The number of aliphatic carboxylic acids is 1. The van der Waals surface area contributed by atoms with E-state index in [1.165, 1.54) is 11.1 Å². The summed E-state index contributed by atoms with van der Waals surface area (Å²) in [7, 11) is 1.98. The number of benzene rings is 1. The fourth-order valence-electron chi connectivity index (χ4n) is 2.06. The molecule has 0 amide bonds. The van der Waals surface area contributed by atoms with E-state index in [4.69, 9.17) is 0 Å². The molecule has 0 aliphatic heterocycles. The smallest absolute Gasteiger partial charge is 0.310 e. The minimum absolute atomic E-state index is 0.563. The van der Waals surface area contributed by atoms with E-state index in [2.05, 4.69) is 24.0 Å². The molecule has 3 nitrogen and oxygen atoms in total. The van der Waals surface area contributed by atoms with E-state index >= 15 is 0 Å². The third-order valence-corrected chi connectivity index (χ3v) is 3.62. The summed E-state index contributed by atoms with van der Waals surface area (Å²) in [5.41, 5.74) is 1.83. The Morgan fingerprint density at radius 3 is 2.50 bits per heavy atom. The van der Waals surface area contributed by atoms with Gasteiger partial charge in [0.05, 0.1) is 5.41 Å². The highest BCUT2D eigenvalue weighted by molar-refractivity contribution is 5.74. The van der Waals surface area contributed by atoms with Gasteiger partial charge in [-0.3, -0.25) is 4.79 Å². The van der Waals surface area contributed by atoms with Crippen molar-refractivity contribution >= 4 is 5.97 Å². The van der Waals surface area contributed by atoms with Crippen LogP contribution in [0.4, 0.5) is 0 Å². The number of aryl methyl sites for hydroxylation is 1. The molecule has 100 valence electrons. The molecule has 1 aromatic rings. The maximum Gasteiger partial charge on any atom is 0.310 e. The highest BCUT2D eigenvalue weighted by Crippen LogP contribution is 2.23. The van der Waals surface area contributed by atoms with Crippen molar-refractivity contribution < 1.29 is 9.90 Å². The Hall–Kier alpha value is -1.35. The van der Waals surface area contributed by atoms with Crippen molar-refractivity contribution in [1.82, 2.24) is 4.90 Å². The molecule has 0 saturated heterocycles. The zero-order chi connectivity index (χ0) is 13.8. The Morgan fingerprint density at radius 1 is 1.39 bits per heavy atom. The van der Waals surface area contributed by atoms with Gasteiger partial charge in [-0.25, -0.2) is 0 Å². The maximum atomic E-state index is 11.3. The molecule has 0 heterocycles. The summed E-state index contributed by atoms with van der Waals surface area (Å²) in [6.07, 6.45) is 0.639. The first-order valence-corrected chi connectivity index (χ1v) is 6.35. The van der Waals surface area contributed by atoms with E-state index in [1.54, 1.807) is 0 Å². The molecular weight excluding hydrogens is 226 g/mol. The second-order valence-corrected chi connectivity index (χ2v) is 5.32. The van der Waals surface area contributed by atoms with Gasteiger partial charge in [0, 0.05) is 13.1 Å². The van der Waals surface area contributed by atoms with Crippen LogP contribution in [-0.2, 0) is 11.3 Å². The van der Waals surface area contributed by atoms with Gasteiger partial charge in [0.25, 0.3) is 0 Å². The zero-order valence-corrected chi connectivity index (χ0v) is 11.7. The van der Waals surface area contributed by atoms with E-state index in [1.807, 2.05) is 33.0 Å². The molecule has 3 heteroatoms. The number of carboxylic acids is 1. The lowest BCUT2D eigenvalue weighted by atomic mass is 9.87. The Kier molecular flexibility index (Phi) is 4.91. The molecule has 1 N–H and O–H groups in total. The van der Waals surface area contributed by atoms with E-state index in [-0.39, 0.29) is 0 Å². The molecule has 0 saturated carbocycles. The number of nitrogens with zero attached hydrogens (tertiary/aromatic N) is 1. The van der Waals surface area contributed by atoms with Gasteiger partial charge >= 0.3 is 5.97 Å². The minimum atomic E-state index is -0.721. The highest BCUT2D eigenvalue weighted by Gasteiger charge is 2.32. The van der Waals surface area contributed by atoms with E-state index < -0.39 is 11.4 Å². The second-order valence-electron chi connectivity index (χ2n) is 5.32. The third kappa shape index (κ3) is 3.57. The van der Waals surface area contributed by atoms with Crippen LogP contribution in [0.25, 0.3) is 0 Å². The molecule has 1 rings (SSSR count). The molecule has 0 aliphatic rings. The van der Waals surface area contributed by atoms with Crippen LogP contribution in [0.3, 0.4) is 0 Å². The van der Waals surface area contributed by atoms with E-state index in [9.17, 15) is 9.90 Å². The van der Waals surface area contributed by atoms with Gasteiger partial charge in [0.1, 0.15) is 0 Å². The Balaban J connectivity index is 2.70. The van der Waals surface area contributed by atoms with Crippen molar-refractivity contribution in [3.05, 3.63) is 35.4 Å². The molecule has 0 aliphatic carbocycles. The van der Waals surface area contributed by atoms with Crippen molar-refractivity contribution in [1.29, 1.82) is 0 Å². The predicted octanol–water partition coefficient (Wildman–Crippen LogP) is 2.93. The summed E-state index contributed by atoms with van der Waals surface area (Å²) in [6, 6.07) is 8.22. The summed E-state index contributed by atoms with van der Waals surface area (Å²) in [5.74, 6) is -0.721. The van der Waals surface area contributed by atoms with Crippen molar-refractivity contribution in [2.75, 3.05) is 13.6 Å². The molecule has 1 atom stereocenters. The van der Waals surface area contributed by atoms with Crippen LogP contribution >= 0.6 is 0 Å². The molecule has 1 unspecified atom stereocenters. The van der Waals surface area contributed by atoms with Crippen LogP contribution in [0, 0.1) is 12.3 Å². The van der Waals surface area contributed by atoms with Gasteiger partial charge in [-0.05, 0) is 38.4 Å². The molecule has 0 fully saturated rings. The van der Waals surface area contributed by atoms with Crippen LogP contribution < -0.4 is 0 Å². The largest absolute Gasteiger partial charge is 0.481 e. The fraction of sp³-hybridized carbons (Fsp3) is 0.533. The van der Waals surface area contributed by atoms with Gasteiger partial charge in [0.2, 0.25) is 0 Å². The zero-order valence-electron chi connectivity index (χ0n) is 11.7. The van der Waals surface area contributed by atoms with Crippen LogP contribution in [0.1, 0.15) is 31.4 Å². The first kappa shape index (κ1) is 14.7. The summed E-state index contributed by atoms with van der Waals surface area (Å²) >= 11 is 0. The van der Waals surface area contributed by atoms with Crippen molar-refractivity contribution in [2.45, 2.75) is 33.7 Å². The molecule has 0 aromatic heterocycles. The van der Waals surface area contributed by atoms with Crippen LogP contribution in [0.15, 0.2) is 24.3 Å². The highest BCUT2D eigenvalue weighted by atomic mass is 16.4. The number of hydrogen-bond acceptors (Lipinski definition) is 2. The monoisotopic (exact) mass is 249 g/mol. The number of carbonyl (C=O) groups is 1. The van der Waals surface area contributed by atoms with E-state index in [0.717, 1.165) is 6.54 Å². The summed E-state index contributed by atoms with van der Waals surface area (Å²) < 4.78 is 0. The lowest BCUT2D eigenvalue weighted by Crippen LogP contribution is -2.38. The standard InChI is InChI=1S/C15H23NO2/c1-5-15(3,14(17)18)11-16(4)10-13-9-7-6-8-12(13)2/h6-9H,5,10-11H2,1-4H3,(H,17,18). The van der Waals surface area contributed by atoms with Gasteiger partial charge < -0.3 is 10.0 Å². The van der Waals surface area contributed by atoms with Crippen molar-refractivity contribution in [3.63, 3.8) is 0 Å². The lowest BCUT2D eigenvalue weighted by Gasteiger charge is -2.29. The lowest BCUT2D eigenvalue weighted by molar-refractivity contribution is -0.149. The van der Waals surface area contributed by atoms with Crippen molar-refractivity contribution in [3.8, 4) is 0 Å². The first-order valence-electron chi connectivity index (χ1n) is 6.35. The Labute approximate surface area is 109 Å². The number of hydrogen-bond donors (Lipinski definition) is 1. The third-order valence-electron chi connectivity index (χ3n) is 3.62. The SMILES string of the molecule is CCC(C)(CN(C)Cc1ccccc1C)C(=O)O. The topological polar surface area (TPSA) is 40.5 Å². The second kappa shape index (κ2) is 6.01. The normalized spacial score (nSPS) is 14.5. The van der Waals surface area contributed by atoms with Gasteiger partial charge in [0.15, 0.2) is 0 Å². The van der Waals surface area contributed by atoms with Gasteiger partial charge in [-0.1, -0.05) is 31.2 Å². The Morgan fingerprint density at radius 2 is 2.00 bits per heavy atom. The van der Waals surface area contributed by atoms with Crippen LogP contribution in [-0.4, -0.2) is 29.6 Å². The van der Waals surface area contributed by atoms with E-state index in [0.29, 0.717) is 13.0 Å². The first-order chi connectivity index (χ1) is 8.39. The molecule has 0 spiro atoms. The maximum absolute atomic E-state index is 11.3. The molecular formula is C15H23NO2. The average Bonchev–Trinajstić information content (AvgIpc) is 2.31. The molecule has 18 heavy (non-hydrogen) atoms. The van der Waals surface area contributed by atoms with Gasteiger partial charge in [-0.15, -0.1) is 0 Å². The summed E-state index contributed by atoms with van der Waals surface area (Å²) in [4.78, 5) is 13.4. The molecule has 0 bridgehead atoms. The number of rotatable bonds is 6. The Bertz CT molecular complexity index is 417. The minimum Gasteiger partial charge on any atom is -0.481 e. The van der Waals surface area contributed by atoms with Crippen LogP contribution in [0.5, 0.6) is 0 Å². The number of carboxylic acid groups (broad SMARTS) is 1. The predicted molar refractivity (Wildman–Crippen MR) is 73.5 cm³/mol. The van der Waals surface area contributed by atoms with Gasteiger partial charge in [-0.2, -0.15) is 0 Å². The summed E-state index contributed by atoms with van der Waals surface area (Å²) in [5, 5.41) is 9.28. The van der Waals surface area contributed by atoms with Crippen LogP contribution in [0.2, 0.25) is 0 Å². The summed E-state index contributed by atoms with van der Waals surface area (Å²) in [6.45, 7) is 7.17.